The minimum Gasteiger partial charge on any atom is -0.300 e. The van der Waals surface area contributed by atoms with Crippen molar-refractivity contribution in [2.24, 2.45) is 11.8 Å². The fraction of sp³-hybridized carbons (Fsp3) is 1.00. The van der Waals surface area contributed by atoms with Crippen molar-refractivity contribution >= 4 is 0 Å². The van der Waals surface area contributed by atoms with Gasteiger partial charge in [-0.2, -0.15) is 0 Å². The fourth-order valence-electron chi connectivity index (χ4n) is 3.46. The van der Waals surface area contributed by atoms with E-state index in [1.807, 2.05) is 0 Å². The first-order valence-electron chi connectivity index (χ1n) is 6.23. The highest BCUT2D eigenvalue weighted by atomic mass is 15.2. The van der Waals surface area contributed by atoms with Gasteiger partial charge in [0, 0.05) is 5.54 Å². The Kier molecular flexibility index (Phi) is 4.00. The third-order valence-electron chi connectivity index (χ3n) is 4.28. The molecule has 0 aromatic carbocycles. The van der Waals surface area contributed by atoms with Gasteiger partial charge in [0.15, 0.2) is 0 Å². The van der Waals surface area contributed by atoms with E-state index in [9.17, 15) is 0 Å². The van der Waals surface area contributed by atoms with Gasteiger partial charge in [0.1, 0.15) is 0 Å². The lowest BCUT2D eigenvalue weighted by molar-refractivity contribution is 0.0239. The highest BCUT2D eigenvalue weighted by molar-refractivity contribution is 4.95. The van der Waals surface area contributed by atoms with Gasteiger partial charge in [0.05, 0.1) is 0 Å². The van der Waals surface area contributed by atoms with Crippen LogP contribution < -0.4 is 0 Å². The molecule has 1 heteroatoms. The molecule has 1 aliphatic heterocycles. The molecule has 0 radical (unpaired) electrons. The maximum atomic E-state index is 2.63. The van der Waals surface area contributed by atoms with Crippen molar-refractivity contribution in [2.75, 3.05) is 13.6 Å². The number of hydrogen-bond donors (Lipinski definition) is 0. The molecule has 0 atom stereocenters. The molecule has 1 nitrogen and oxygen atoms in total. The topological polar surface area (TPSA) is 3.24 Å². The van der Waals surface area contributed by atoms with E-state index in [4.69, 9.17) is 0 Å². The predicted octanol–water partition coefficient (Wildman–Crippen LogP) is 3.54. The molecule has 0 amide bonds. The molecule has 1 saturated heterocycles. The van der Waals surface area contributed by atoms with Crippen molar-refractivity contribution in [2.45, 2.75) is 58.9 Å². The highest BCUT2D eigenvalue weighted by Crippen LogP contribution is 2.38. The average molecular weight is 197 g/mol. The van der Waals surface area contributed by atoms with E-state index in [-0.39, 0.29) is 0 Å². The average Bonchev–Trinajstić information content (AvgIpc) is 2.27. The van der Waals surface area contributed by atoms with Gasteiger partial charge in [0.2, 0.25) is 0 Å². The molecule has 0 spiro atoms. The molecule has 0 aliphatic carbocycles. The summed E-state index contributed by atoms with van der Waals surface area (Å²) in [5.74, 6) is 1.54. The second-order valence-electron chi connectivity index (χ2n) is 5.53. The zero-order valence-electron chi connectivity index (χ0n) is 10.6. The van der Waals surface area contributed by atoms with Crippen molar-refractivity contribution in [1.29, 1.82) is 0 Å². The van der Waals surface area contributed by atoms with E-state index in [0.717, 1.165) is 11.8 Å². The number of likely N-dealkylation sites (tertiary alicyclic amines) is 1. The summed E-state index contributed by atoms with van der Waals surface area (Å²) < 4.78 is 0. The smallest absolute Gasteiger partial charge is 0.0252 e. The van der Waals surface area contributed by atoms with Gasteiger partial charge in [-0.3, -0.25) is 0 Å². The standard InChI is InChI=1S/C13H27N/c1-11(2)13(12(3)4)9-7-6-8-10-14(13)5/h11-12H,6-10H2,1-5H3. The molecule has 14 heavy (non-hydrogen) atoms. The first-order chi connectivity index (χ1) is 6.51. The van der Waals surface area contributed by atoms with Crippen LogP contribution in [-0.2, 0) is 0 Å². The molecule has 1 rings (SSSR count). The van der Waals surface area contributed by atoms with Gasteiger partial charge in [-0.1, -0.05) is 40.5 Å². The fourth-order valence-corrected chi connectivity index (χ4v) is 3.46. The normalized spacial score (nSPS) is 24.2. The maximum absolute atomic E-state index is 2.63. The van der Waals surface area contributed by atoms with Crippen molar-refractivity contribution in [3.8, 4) is 0 Å². The molecule has 84 valence electrons. The highest BCUT2D eigenvalue weighted by Gasteiger charge is 2.40. The lowest BCUT2D eigenvalue weighted by Gasteiger charge is -2.48. The van der Waals surface area contributed by atoms with E-state index < -0.39 is 0 Å². The number of rotatable bonds is 2. The summed E-state index contributed by atoms with van der Waals surface area (Å²) in [5.41, 5.74) is 0.455. The zero-order valence-corrected chi connectivity index (χ0v) is 10.6. The summed E-state index contributed by atoms with van der Waals surface area (Å²) in [5, 5.41) is 0. The molecule has 1 heterocycles. The molecule has 0 bridgehead atoms. The molecule has 1 fully saturated rings. The summed E-state index contributed by atoms with van der Waals surface area (Å²) in [6, 6.07) is 0. The Balaban J connectivity index is 2.91. The first-order valence-corrected chi connectivity index (χ1v) is 6.23. The van der Waals surface area contributed by atoms with Crippen LogP contribution in [0.3, 0.4) is 0 Å². The molecule has 0 aromatic heterocycles. The first kappa shape index (κ1) is 12.0. The second kappa shape index (κ2) is 4.65. The molecular formula is C13H27N. The van der Waals surface area contributed by atoms with E-state index in [1.54, 1.807) is 0 Å². The van der Waals surface area contributed by atoms with Crippen LogP contribution >= 0.6 is 0 Å². The third-order valence-corrected chi connectivity index (χ3v) is 4.28. The summed E-state index contributed by atoms with van der Waals surface area (Å²) in [4.78, 5) is 2.63. The number of nitrogens with zero attached hydrogens (tertiary/aromatic N) is 1. The van der Waals surface area contributed by atoms with Crippen LogP contribution in [0.25, 0.3) is 0 Å². The molecule has 0 aromatic rings. The van der Waals surface area contributed by atoms with E-state index in [0.29, 0.717) is 5.54 Å². The van der Waals surface area contributed by atoms with Crippen LogP contribution in [0, 0.1) is 11.8 Å². The lowest BCUT2D eigenvalue weighted by atomic mass is 9.73. The molecule has 0 unspecified atom stereocenters. The monoisotopic (exact) mass is 197 g/mol. The van der Waals surface area contributed by atoms with Crippen LogP contribution in [0.4, 0.5) is 0 Å². The van der Waals surface area contributed by atoms with Crippen LogP contribution in [0.15, 0.2) is 0 Å². The van der Waals surface area contributed by atoms with Gasteiger partial charge < -0.3 is 4.90 Å². The Morgan fingerprint density at radius 2 is 1.50 bits per heavy atom. The van der Waals surface area contributed by atoms with Crippen LogP contribution in [0.2, 0.25) is 0 Å². The Morgan fingerprint density at radius 3 is 2.00 bits per heavy atom. The van der Waals surface area contributed by atoms with Gasteiger partial charge in [0.25, 0.3) is 0 Å². The van der Waals surface area contributed by atoms with Crippen LogP contribution in [-0.4, -0.2) is 24.0 Å². The third kappa shape index (κ3) is 1.98. The Morgan fingerprint density at radius 1 is 0.929 bits per heavy atom. The summed E-state index contributed by atoms with van der Waals surface area (Å²) in [6.07, 6.45) is 5.61. The van der Waals surface area contributed by atoms with E-state index in [2.05, 4.69) is 39.6 Å². The summed E-state index contributed by atoms with van der Waals surface area (Å²) in [6.45, 7) is 10.9. The predicted molar refractivity (Wildman–Crippen MR) is 63.5 cm³/mol. The zero-order chi connectivity index (χ0) is 10.8. The largest absolute Gasteiger partial charge is 0.300 e. The van der Waals surface area contributed by atoms with Crippen molar-refractivity contribution in [3.63, 3.8) is 0 Å². The molecular weight excluding hydrogens is 170 g/mol. The van der Waals surface area contributed by atoms with Crippen molar-refractivity contribution in [1.82, 2.24) is 4.90 Å². The van der Waals surface area contributed by atoms with Crippen molar-refractivity contribution in [3.05, 3.63) is 0 Å². The Bertz CT molecular complexity index is 164. The van der Waals surface area contributed by atoms with E-state index in [1.165, 1.54) is 32.2 Å². The van der Waals surface area contributed by atoms with Gasteiger partial charge in [-0.25, -0.2) is 0 Å². The lowest BCUT2D eigenvalue weighted by Crippen LogP contribution is -2.54. The molecule has 0 N–H and O–H groups in total. The van der Waals surface area contributed by atoms with Gasteiger partial charge in [-0.05, 0) is 38.3 Å². The van der Waals surface area contributed by atoms with Crippen molar-refractivity contribution < 1.29 is 0 Å². The second-order valence-corrected chi connectivity index (χ2v) is 5.53. The van der Waals surface area contributed by atoms with Gasteiger partial charge >= 0.3 is 0 Å². The van der Waals surface area contributed by atoms with Gasteiger partial charge in [-0.15, -0.1) is 0 Å². The summed E-state index contributed by atoms with van der Waals surface area (Å²) in [7, 11) is 2.32. The maximum Gasteiger partial charge on any atom is 0.0252 e. The SMILES string of the molecule is CC(C)C1(C(C)C)CCCCCN1C. The van der Waals surface area contributed by atoms with E-state index >= 15 is 0 Å². The Labute approximate surface area is 89.9 Å². The minimum absolute atomic E-state index is 0.455. The van der Waals surface area contributed by atoms with Crippen LogP contribution in [0.5, 0.6) is 0 Å². The minimum atomic E-state index is 0.455. The summed E-state index contributed by atoms with van der Waals surface area (Å²) >= 11 is 0. The molecule has 1 aliphatic rings. The molecule has 0 saturated carbocycles. The number of hydrogen-bond acceptors (Lipinski definition) is 1. The van der Waals surface area contributed by atoms with Crippen LogP contribution in [0.1, 0.15) is 53.4 Å². The quantitative estimate of drug-likeness (QED) is 0.654. The Hall–Kier alpha value is -0.0400.